The predicted octanol–water partition coefficient (Wildman–Crippen LogP) is 4.84. The molecule has 134 valence electrons. The lowest BCUT2D eigenvalue weighted by Crippen LogP contribution is -2.30. The van der Waals surface area contributed by atoms with Crippen molar-refractivity contribution in [2.24, 2.45) is 0 Å². The molecule has 0 unspecified atom stereocenters. The molecule has 0 aliphatic heterocycles. The minimum Gasteiger partial charge on any atom is -0.346 e. The van der Waals surface area contributed by atoms with Gasteiger partial charge in [-0.15, -0.1) is 11.8 Å². The molecule has 1 heterocycles. The number of aromatic nitrogens is 2. The van der Waals surface area contributed by atoms with Crippen LogP contribution in [-0.4, -0.2) is 21.3 Å². The van der Waals surface area contributed by atoms with E-state index in [9.17, 15) is 4.79 Å². The molecule has 26 heavy (non-hydrogen) atoms. The quantitative estimate of drug-likeness (QED) is 0.591. The highest BCUT2D eigenvalue weighted by Gasteiger charge is 2.16. The van der Waals surface area contributed by atoms with Crippen LogP contribution in [0.1, 0.15) is 12.8 Å². The van der Waals surface area contributed by atoms with E-state index in [2.05, 4.69) is 15.5 Å². The smallest absolute Gasteiger partial charge is 0.246 e. The Kier molecular flexibility index (Phi) is 6.19. The first kappa shape index (κ1) is 18.8. The van der Waals surface area contributed by atoms with Crippen LogP contribution in [0.2, 0.25) is 10.0 Å². The van der Waals surface area contributed by atoms with Crippen LogP contribution in [-0.2, 0) is 11.3 Å². The van der Waals surface area contributed by atoms with Crippen molar-refractivity contribution < 1.29 is 9.32 Å². The summed E-state index contributed by atoms with van der Waals surface area (Å²) in [6.45, 7) is 2.01. The topological polar surface area (TPSA) is 68.0 Å². The van der Waals surface area contributed by atoms with Gasteiger partial charge in [-0.1, -0.05) is 28.4 Å². The fourth-order valence-electron chi connectivity index (χ4n) is 2.12. The summed E-state index contributed by atoms with van der Waals surface area (Å²) in [7, 11) is 0. The number of amides is 1. The number of nitrogens with one attached hydrogen (secondary N) is 1. The highest BCUT2D eigenvalue weighted by Crippen LogP contribution is 2.25. The Hall–Kier alpha value is -2.02. The molecular formula is C18H15Cl2N3O2S. The lowest BCUT2D eigenvalue weighted by atomic mass is 10.2. The van der Waals surface area contributed by atoms with Crippen molar-refractivity contribution >= 4 is 40.9 Å². The van der Waals surface area contributed by atoms with Gasteiger partial charge in [-0.3, -0.25) is 4.79 Å². The molecule has 1 N–H and O–H groups in total. The second kappa shape index (κ2) is 8.58. The molecule has 0 spiro atoms. The Morgan fingerprint density at radius 3 is 2.38 bits per heavy atom. The van der Waals surface area contributed by atoms with Gasteiger partial charge in [0.2, 0.25) is 17.6 Å². The molecule has 0 saturated heterocycles. The van der Waals surface area contributed by atoms with Crippen LogP contribution in [0.3, 0.4) is 0 Å². The van der Waals surface area contributed by atoms with Crippen molar-refractivity contribution in [1.29, 1.82) is 0 Å². The van der Waals surface area contributed by atoms with Gasteiger partial charge in [0.25, 0.3) is 0 Å². The Morgan fingerprint density at radius 2 is 1.73 bits per heavy atom. The largest absolute Gasteiger partial charge is 0.346 e. The van der Waals surface area contributed by atoms with Crippen molar-refractivity contribution in [3.8, 4) is 11.4 Å². The molecule has 1 amide bonds. The molecular weight excluding hydrogens is 393 g/mol. The summed E-state index contributed by atoms with van der Waals surface area (Å²) in [4.78, 5) is 17.5. The van der Waals surface area contributed by atoms with E-state index in [1.54, 1.807) is 36.4 Å². The van der Waals surface area contributed by atoms with Crippen LogP contribution < -0.4 is 5.32 Å². The number of thioether (sulfide) groups is 1. The van der Waals surface area contributed by atoms with E-state index in [0.717, 1.165) is 10.5 Å². The van der Waals surface area contributed by atoms with E-state index < -0.39 is 0 Å². The summed E-state index contributed by atoms with van der Waals surface area (Å²) in [5, 5.41) is 7.75. The van der Waals surface area contributed by atoms with Gasteiger partial charge in [-0.2, -0.15) is 4.98 Å². The number of hydrogen-bond acceptors (Lipinski definition) is 5. The van der Waals surface area contributed by atoms with Crippen molar-refractivity contribution in [3.05, 3.63) is 64.5 Å². The maximum atomic E-state index is 12.2. The number of hydrogen-bond donors (Lipinski definition) is 1. The number of carbonyl (C=O) groups excluding carboxylic acids is 1. The average Bonchev–Trinajstić information content (AvgIpc) is 3.11. The van der Waals surface area contributed by atoms with Gasteiger partial charge in [0.15, 0.2) is 0 Å². The summed E-state index contributed by atoms with van der Waals surface area (Å²) in [6.07, 6.45) is 0. The standard InChI is InChI=1S/C18H15Cl2N3O2S/c1-11(26-15-8-6-14(20)7-9-15)18(24)21-10-16-22-17(23-25-16)12-2-4-13(19)5-3-12/h2-9,11H,10H2,1H3,(H,21,24)/t11-/m0/s1. The van der Waals surface area contributed by atoms with Gasteiger partial charge in [0, 0.05) is 20.5 Å². The van der Waals surface area contributed by atoms with Gasteiger partial charge in [0.1, 0.15) is 0 Å². The number of halogens is 2. The second-order valence-electron chi connectivity index (χ2n) is 5.45. The van der Waals surface area contributed by atoms with Gasteiger partial charge < -0.3 is 9.84 Å². The lowest BCUT2D eigenvalue weighted by molar-refractivity contribution is -0.120. The summed E-state index contributed by atoms with van der Waals surface area (Å²) in [5.41, 5.74) is 0.794. The molecule has 2 aromatic carbocycles. The minimum absolute atomic E-state index is 0.115. The van der Waals surface area contributed by atoms with Gasteiger partial charge >= 0.3 is 0 Å². The Bertz CT molecular complexity index is 882. The van der Waals surface area contributed by atoms with Crippen molar-refractivity contribution in [1.82, 2.24) is 15.5 Å². The predicted molar refractivity (Wildman–Crippen MR) is 103 cm³/mol. The maximum absolute atomic E-state index is 12.2. The van der Waals surface area contributed by atoms with Crippen LogP contribution in [0.15, 0.2) is 57.9 Å². The summed E-state index contributed by atoms with van der Waals surface area (Å²) in [6, 6.07) is 14.5. The monoisotopic (exact) mass is 407 g/mol. The van der Waals surface area contributed by atoms with Crippen LogP contribution in [0.5, 0.6) is 0 Å². The SMILES string of the molecule is C[C@H](Sc1ccc(Cl)cc1)C(=O)NCc1nc(-c2ccc(Cl)cc2)no1. The summed E-state index contributed by atoms with van der Waals surface area (Å²) < 4.78 is 5.18. The van der Waals surface area contributed by atoms with Crippen LogP contribution >= 0.6 is 35.0 Å². The molecule has 3 rings (SSSR count). The highest BCUT2D eigenvalue weighted by molar-refractivity contribution is 8.00. The third-order valence-electron chi connectivity index (χ3n) is 3.48. The second-order valence-corrected chi connectivity index (χ2v) is 7.74. The molecule has 0 aliphatic carbocycles. The molecule has 0 bridgehead atoms. The molecule has 1 atom stereocenters. The molecule has 0 aliphatic rings. The van der Waals surface area contributed by atoms with Crippen LogP contribution in [0.25, 0.3) is 11.4 Å². The average molecular weight is 408 g/mol. The highest BCUT2D eigenvalue weighted by atomic mass is 35.5. The van der Waals surface area contributed by atoms with E-state index >= 15 is 0 Å². The van der Waals surface area contributed by atoms with Crippen LogP contribution in [0.4, 0.5) is 0 Å². The maximum Gasteiger partial charge on any atom is 0.246 e. The molecule has 3 aromatic rings. The van der Waals surface area contributed by atoms with Gasteiger partial charge in [-0.25, -0.2) is 0 Å². The lowest BCUT2D eigenvalue weighted by Gasteiger charge is -2.10. The van der Waals surface area contributed by atoms with Crippen molar-refractivity contribution in [2.45, 2.75) is 23.6 Å². The Balaban J connectivity index is 1.54. The van der Waals surface area contributed by atoms with Gasteiger partial charge in [-0.05, 0) is 55.5 Å². The molecule has 0 fully saturated rings. The van der Waals surface area contributed by atoms with Crippen LogP contribution in [0, 0.1) is 0 Å². The number of nitrogens with zero attached hydrogens (tertiary/aromatic N) is 2. The van der Waals surface area contributed by atoms with E-state index in [4.69, 9.17) is 27.7 Å². The zero-order chi connectivity index (χ0) is 18.5. The van der Waals surface area contributed by atoms with Crippen molar-refractivity contribution in [3.63, 3.8) is 0 Å². The fraction of sp³-hybridized carbons (Fsp3) is 0.167. The number of carbonyl (C=O) groups is 1. The van der Waals surface area contributed by atoms with E-state index in [-0.39, 0.29) is 17.7 Å². The fourth-order valence-corrected chi connectivity index (χ4v) is 3.26. The Morgan fingerprint density at radius 1 is 1.12 bits per heavy atom. The number of benzene rings is 2. The molecule has 8 heteroatoms. The third-order valence-corrected chi connectivity index (χ3v) is 5.10. The molecule has 0 radical (unpaired) electrons. The zero-order valence-corrected chi connectivity index (χ0v) is 16.1. The summed E-state index contributed by atoms with van der Waals surface area (Å²) >= 11 is 13.2. The van der Waals surface area contributed by atoms with E-state index in [1.165, 1.54) is 11.8 Å². The summed E-state index contributed by atoms with van der Waals surface area (Å²) in [5.74, 6) is 0.678. The minimum atomic E-state index is -0.269. The molecule has 5 nitrogen and oxygen atoms in total. The Labute approximate surface area is 165 Å². The van der Waals surface area contributed by atoms with Gasteiger partial charge in [0.05, 0.1) is 11.8 Å². The number of rotatable bonds is 6. The van der Waals surface area contributed by atoms with E-state index in [0.29, 0.717) is 21.8 Å². The first-order chi connectivity index (χ1) is 12.5. The normalized spacial score (nSPS) is 12.0. The first-order valence-corrected chi connectivity index (χ1v) is 9.43. The first-order valence-electron chi connectivity index (χ1n) is 7.80. The molecule has 0 saturated carbocycles. The zero-order valence-electron chi connectivity index (χ0n) is 13.8. The molecule has 1 aromatic heterocycles. The third kappa shape index (κ3) is 5.00. The van der Waals surface area contributed by atoms with E-state index in [1.807, 2.05) is 19.1 Å². The van der Waals surface area contributed by atoms with Crippen molar-refractivity contribution in [2.75, 3.05) is 0 Å².